The number of nitrogens with zero attached hydrogens (tertiary/aromatic N) is 1. The molecular formula is C11H11ClN2. The summed E-state index contributed by atoms with van der Waals surface area (Å²) in [5.74, 6) is 0. The summed E-state index contributed by atoms with van der Waals surface area (Å²) in [5.41, 5.74) is 8.51. The molecule has 0 fully saturated rings. The highest BCUT2D eigenvalue weighted by Crippen LogP contribution is 2.22. The van der Waals surface area contributed by atoms with E-state index in [2.05, 4.69) is 4.98 Å². The van der Waals surface area contributed by atoms with E-state index in [1.165, 1.54) is 0 Å². The van der Waals surface area contributed by atoms with E-state index in [4.69, 9.17) is 17.3 Å². The number of fused-ring (bicyclic) bond motifs is 1. The monoisotopic (exact) mass is 206 g/mol. The van der Waals surface area contributed by atoms with Gasteiger partial charge in [0.1, 0.15) is 0 Å². The van der Waals surface area contributed by atoms with Crippen LogP contribution in [0.4, 0.5) is 0 Å². The first-order valence-electron chi connectivity index (χ1n) is 4.46. The minimum absolute atomic E-state index is 0.470. The summed E-state index contributed by atoms with van der Waals surface area (Å²) < 4.78 is 0. The maximum atomic E-state index is 5.95. The molecule has 0 spiro atoms. The lowest BCUT2D eigenvalue weighted by molar-refractivity contribution is 1.00. The molecule has 14 heavy (non-hydrogen) atoms. The van der Waals surface area contributed by atoms with Gasteiger partial charge in [0.15, 0.2) is 0 Å². The molecule has 0 bridgehead atoms. The Bertz CT molecular complexity index is 480. The number of halogens is 1. The molecule has 0 radical (unpaired) electrons. The first-order valence-corrected chi connectivity index (χ1v) is 4.84. The van der Waals surface area contributed by atoms with Gasteiger partial charge in [0, 0.05) is 17.0 Å². The number of hydrogen-bond acceptors (Lipinski definition) is 2. The molecular weight excluding hydrogens is 196 g/mol. The molecule has 0 atom stereocenters. The Balaban J connectivity index is 2.75. The number of pyridine rings is 1. The van der Waals surface area contributed by atoms with Crippen molar-refractivity contribution < 1.29 is 0 Å². The van der Waals surface area contributed by atoms with Gasteiger partial charge in [-0.3, -0.25) is 4.98 Å². The van der Waals surface area contributed by atoms with E-state index in [1.807, 2.05) is 31.2 Å². The summed E-state index contributed by atoms with van der Waals surface area (Å²) in [6.45, 7) is 2.47. The Morgan fingerprint density at radius 2 is 2.14 bits per heavy atom. The van der Waals surface area contributed by atoms with Gasteiger partial charge in [-0.25, -0.2) is 0 Å². The molecule has 0 aliphatic heterocycles. The molecule has 1 aromatic carbocycles. The normalized spacial score (nSPS) is 10.8. The van der Waals surface area contributed by atoms with Gasteiger partial charge >= 0.3 is 0 Å². The van der Waals surface area contributed by atoms with Crippen molar-refractivity contribution in [3.8, 4) is 0 Å². The summed E-state index contributed by atoms with van der Waals surface area (Å²) in [5, 5.41) is 1.81. The Labute approximate surface area is 87.7 Å². The fraction of sp³-hybridized carbons (Fsp3) is 0.182. The molecule has 0 unspecified atom stereocenters. The van der Waals surface area contributed by atoms with E-state index >= 15 is 0 Å². The maximum Gasteiger partial charge on any atom is 0.0736 e. The Kier molecular flexibility index (Phi) is 2.40. The van der Waals surface area contributed by atoms with Gasteiger partial charge < -0.3 is 5.73 Å². The van der Waals surface area contributed by atoms with E-state index in [-0.39, 0.29) is 0 Å². The predicted octanol–water partition coefficient (Wildman–Crippen LogP) is 2.66. The molecule has 0 aliphatic carbocycles. The summed E-state index contributed by atoms with van der Waals surface area (Å²) in [4.78, 5) is 4.45. The lowest BCUT2D eigenvalue weighted by Gasteiger charge is -2.04. The van der Waals surface area contributed by atoms with Gasteiger partial charge in [-0.05, 0) is 30.7 Å². The smallest absolute Gasteiger partial charge is 0.0736 e. The lowest BCUT2D eigenvalue weighted by atomic mass is 10.1. The van der Waals surface area contributed by atoms with E-state index in [1.54, 1.807) is 0 Å². The third kappa shape index (κ3) is 1.59. The van der Waals surface area contributed by atoms with Crippen LogP contribution in [0.3, 0.4) is 0 Å². The zero-order valence-corrected chi connectivity index (χ0v) is 8.67. The van der Waals surface area contributed by atoms with Crippen LogP contribution >= 0.6 is 11.6 Å². The Hall–Kier alpha value is -1.12. The van der Waals surface area contributed by atoms with Crippen molar-refractivity contribution in [3.63, 3.8) is 0 Å². The summed E-state index contributed by atoms with van der Waals surface area (Å²) in [6.07, 6.45) is 0. The largest absolute Gasteiger partial charge is 0.325 e. The molecule has 0 amide bonds. The number of nitrogens with two attached hydrogens (primary N) is 1. The van der Waals surface area contributed by atoms with Crippen LogP contribution in [0, 0.1) is 6.92 Å². The first kappa shape index (κ1) is 9.44. The van der Waals surface area contributed by atoms with E-state index in [0.717, 1.165) is 27.2 Å². The van der Waals surface area contributed by atoms with Crippen molar-refractivity contribution in [2.45, 2.75) is 13.5 Å². The van der Waals surface area contributed by atoms with Crippen molar-refractivity contribution >= 4 is 22.5 Å². The zero-order valence-electron chi connectivity index (χ0n) is 7.92. The van der Waals surface area contributed by atoms with Crippen LogP contribution in [0.15, 0.2) is 24.3 Å². The topological polar surface area (TPSA) is 38.9 Å². The molecule has 1 aromatic heterocycles. The molecule has 0 aliphatic rings. The SMILES string of the molecule is Cc1cc(Cl)cc2ccc(CN)nc12. The maximum absolute atomic E-state index is 5.95. The minimum Gasteiger partial charge on any atom is -0.325 e. The molecule has 2 rings (SSSR count). The number of benzene rings is 1. The predicted molar refractivity (Wildman–Crippen MR) is 59.4 cm³/mol. The number of rotatable bonds is 1. The average molecular weight is 207 g/mol. The average Bonchev–Trinajstić information content (AvgIpc) is 2.17. The number of aryl methyl sites for hydroxylation is 1. The highest BCUT2D eigenvalue weighted by Gasteiger charge is 2.01. The van der Waals surface area contributed by atoms with Crippen LogP contribution in [-0.4, -0.2) is 4.98 Å². The fourth-order valence-electron chi connectivity index (χ4n) is 1.52. The first-order chi connectivity index (χ1) is 6.70. The standard InChI is InChI=1S/C11H11ClN2/c1-7-4-9(12)5-8-2-3-10(6-13)14-11(7)8/h2-5H,6,13H2,1H3. The second-order valence-electron chi connectivity index (χ2n) is 3.30. The molecule has 0 saturated carbocycles. The second kappa shape index (κ2) is 3.56. The summed E-state index contributed by atoms with van der Waals surface area (Å²) in [6, 6.07) is 7.76. The molecule has 1 heterocycles. The second-order valence-corrected chi connectivity index (χ2v) is 3.74. The third-order valence-electron chi connectivity index (χ3n) is 2.21. The number of aromatic nitrogens is 1. The third-order valence-corrected chi connectivity index (χ3v) is 2.43. The van der Waals surface area contributed by atoms with Crippen molar-refractivity contribution in [2.24, 2.45) is 5.73 Å². The van der Waals surface area contributed by atoms with Crippen LogP contribution in [-0.2, 0) is 6.54 Å². The van der Waals surface area contributed by atoms with Crippen molar-refractivity contribution in [3.05, 3.63) is 40.5 Å². The molecule has 3 heteroatoms. The van der Waals surface area contributed by atoms with Gasteiger partial charge in [-0.2, -0.15) is 0 Å². The molecule has 2 nitrogen and oxygen atoms in total. The molecule has 2 N–H and O–H groups in total. The zero-order chi connectivity index (χ0) is 10.1. The summed E-state index contributed by atoms with van der Waals surface area (Å²) >= 11 is 5.95. The highest BCUT2D eigenvalue weighted by molar-refractivity contribution is 6.31. The van der Waals surface area contributed by atoms with Crippen molar-refractivity contribution in [1.29, 1.82) is 0 Å². The van der Waals surface area contributed by atoms with Gasteiger partial charge in [0.25, 0.3) is 0 Å². The summed E-state index contributed by atoms with van der Waals surface area (Å²) in [7, 11) is 0. The molecule has 72 valence electrons. The van der Waals surface area contributed by atoms with E-state index < -0.39 is 0 Å². The van der Waals surface area contributed by atoms with Crippen LogP contribution in [0.25, 0.3) is 10.9 Å². The van der Waals surface area contributed by atoms with Crippen molar-refractivity contribution in [2.75, 3.05) is 0 Å². The van der Waals surface area contributed by atoms with Crippen LogP contribution in [0.2, 0.25) is 5.02 Å². The van der Waals surface area contributed by atoms with E-state index in [9.17, 15) is 0 Å². The Morgan fingerprint density at radius 1 is 1.36 bits per heavy atom. The van der Waals surface area contributed by atoms with Gasteiger partial charge in [-0.1, -0.05) is 17.7 Å². The Morgan fingerprint density at radius 3 is 2.86 bits per heavy atom. The minimum atomic E-state index is 0.470. The highest BCUT2D eigenvalue weighted by atomic mass is 35.5. The van der Waals surface area contributed by atoms with Crippen LogP contribution in [0.1, 0.15) is 11.3 Å². The van der Waals surface area contributed by atoms with Crippen LogP contribution in [0.5, 0.6) is 0 Å². The molecule has 0 saturated heterocycles. The van der Waals surface area contributed by atoms with Gasteiger partial charge in [-0.15, -0.1) is 0 Å². The number of hydrogen-bond donors (Lipinski definition) is 1. The van der Waals surface area contributed by atoms with E-state index in [0.29, 0.717) is 6.54 Å². The van der Waals surface area contributed by atoms with Crippen molar-refractivity contribution in [1.82, 2.24) is 4.98 Å². The quantitative estimate of drug-likeness (QED) is 0.779. The fourth-order valence-corrected chi connectivity index (χ4v) is 1.80. The van der Waals surface area contributed by atoms with Gasteiger partial charge in [0.05, 0.1) is 11.2 Å². The van der Waals surface area contributed by atoms with Crippen LogP contribution < -0.4 is 5.73 Å². The van der Waals surface area contributed by atoms with Gasteiger partial charge in [0.2, 0.25) is 0 Å². The molecule has 2 aromatic rings. The lowest BCUT2D eigenvalue weighted by Crippen LogP contribution is -1.99.